The van der Waals surface area contributed by atoms with Gasteiger partial charge in [0.05, 0.1) is 19.3 Å². The molecule has 0 saturated heterocycles. The second-order valence-electron chi connectivity index (χ2n) is 4.36. The molecule has 5 heteroatoms. The van der Waals surface area contributed by atoms with Gasteiger partial charge in [0.25, 0.3) is 0 Å². The molecule has 2 rings (SSSR count). The molecule has 0 aliphatic heterocycles. The fourth-order valence-corrected chi connectivity index (χ4v) is 1.89. The summed E-state index contributed by atoms with van der Waals surface area (Å²) < 4.78 is 5.06. The van der Waals surface area contributed by atoms with Gasteiger partial charge in [-0.3, -0.25) is 9.59 Å². The van der Waals surface area contributed by atoms with Crippen LogP contribution in [0.4, 0.5) is 5.69 Å². The van der Waals surface area contributed by atoms with Gasteiger partial charge in [0.1, 0.15) is 5.75 Å². The number of carbonyl (C=O) groups is 2. The highest BCUT2D eigenvalue weighted by Gasteiger charge is 2.14. The van der Waals surface area contributed by atoms with Crippen LogP contribution in [0.5, 0.6) is 5.75 Å². The number of hydrogen-bond acceptors (Lipinski definition) is 4. The van der Waals surface area contributed by atoms with Gasteiger partial charge in [-0.05, 0) is 36.4 Å². The lowest BCUT2D eigenvalue weighted by molar-refractivity contribution is -0.114. The second kappa shape index (κ2) is 6.67. The molecule has 0 aliphatic rings. The predicted octanol–water partition coefficient (Wildman–Crippen LogP) is 1.82. The van der Waals surface area contributed by atoms with Crippen LogP contribution in [-0.4, -0.2) is 25.3 Å². The maximum absolute atomic E-state index is 12.5. The molecule has 0 atom stereocenters. The average Bonchev–Trinajstić information content (AvgIpc) is 2.54. The van der Waals surface area contributed by atoms with Gasteiger partial charge in [-0.2, -0.15) is 0 Å². The van der Waals surface area contributed by atoms with Gasteiger partial charge in [-0.1, -0.05) is 12.1 Å². The highest BCUT2D eigenvalue weighted by molar-refractivity contribution is 6.13. The van der Waals surface area contributed by atoms with Crippen LogP contribution in [0.2, 0.25) is 0 Å². The topological polar surface area (TPSA) is 81.4 Å². The molecule has 108 valence electrons. The summed E-state index contributed by atoms with van der Waals surface area (Å²) >= 11 is 0. The highest BCUT2D eigenvalue weighted by atomic mass is 16.5. The third-order valence-electron chi connectivity index (χ3n) is 2.98. The first kappa shape index (κ1) is 14.7. The molecule has 0 fully saturated rings. The van der Waals surface area contributed by atoms with Crippen LogP contribution in [0.1, 0.15) is 15.9 Å². The van der Waals surface area contributed by atoms with Gasteiger partial charge in [-0.25, -0.2) is 0 Å². The summed E-state index contributed by atoms with van der Waals surface area (Å²) in [5, 5.41) is 2.62. The Morgan fingerprint density at radius 1 is 1.10 bits per heavy atom. The summed E-state index contributed by atoms with van der Waals surface area (Å²) in [5.74, 6) is 0.159. The standard InChI is InChI=1S/C16H16N2O3/c1-21-12-8-6-11(7-9-12)16(20)13-4-2-3-5-14(13)18-15(19)10-17/h2-9H,10,17H2,1H3,(H,18,19). The first-order valence-electron chi connectivity index (χ1n) is 6.43. The zero-order valence-corrected chi connectivity index (χ0v) is 11.6. The normalized spacial score (nSPS) is 10.0. The number of nitrogens with two attached hydrogens (primary N) is 1. The number of nitrogens with one attached hydrogen (secondary N) is 1. The molecule has 0 aliphatic carbocycles. The molecule has 0 spiro atoms. The van der Waals surface area contributed by atoms with Crippen LogP contribution < -0.4 is 15.8 Å². The Hall–Kier alpha value is -2.66. The van der Waals surface area contributed by atoms with Gasteiger partial charge < -0.3 is 15.8 Å². The van der Waals surface area contributed by atoms with Crippen LogP contribution >= 0.6 is 0 Å². The number of carbonyl (C=O) groups excluding carboxylic acids is 2. The van der Waals surface area contributed by atoms with E-state index in [-0.39, 0.29) is 18.2 Å². The monoisotopic (exact) mass is 284 g/mol. The molecule has 2 aromatic rings. The van der Waals surface area contributed by atoms with E-state index in [2.05, 4.69) is 5.32 Å². The first-order chi connectivity index (χ1) is 10.2. The molecule has 1 amide bonds. The van der Waals surface area contributed by atoms with Crippen molar-refractivity contribution in [2.45, 2.75) is 0 Å². The molecular formula is C16H16N2O3. The Morgan fingerprint density at radius 2 is 1.76 bits per heavy atom. The van der Waals surface area contributed by atoms with E-state index in [1.807, 2.05) is 0 Å². The van der Waals surface area contributed by atoms with Gasteiger partial charge in [0.2, 0.25) is 5.91 Å². The maximum atomic E-state index is 12.5. The number of ether oxygens (including phenoxy) is 1. The summed E-state index contributed by atoms with van der Waals surface area (Å²) in [4.78, 5) is 23.9. The summed E-state index contributed by atoms with van der Waals surface area (Å²) in [5.41, 5.74) is 6.67. The zero-order chi connectivity index (χ0) is 15.2. The number of hydrogen-bond donors (Lipinski definition) is 2. The van der Waals surface area contributed by atoms with Crippen molar-refractivity contribution < 1.29 is 14.3 Å². The third-order valence-corrected chi connectivity index (χ3v) is 2.98. The lowest BCUT2D eigenvalue weighted by Gasteiger charge is -2.10. The van der Waals surface area contributed by atoms with E-state index in [4.69, 9.17) is 10.5 Å². The number of benzene rings is 2. The summed E-state index contributed by atoms with van der Waals surface area (Å²) in [7, 11) is 1.56. The molecule has 0 saturated carbocycles. The van der Waals surface area contributed by atoms with E-state index >= 15 is 0 Å². The van der Waals surface area contributed by atoms with Gasteiger partial charge >= 0.3 is 0 Å². The van der Waals surface area contributed by atoms with E-state index in [0.29, 0.717) is 22.6 Å². The van der Waals surface area contributed by atoms with Crippen molar-refractivity contribution in [3.63, 3.8) is 0 Å². The molecule has 21 heavy (non-hydrogen) atoms. The van der Waals surface area contributed by atoms with Crippen LogP contribution in [-0.2, 0) is 4.79 Å². The first-order valence-corrected chi connectivity index (χ1v) is 6.43. The minimum atomic E-state index is -0.343. The summed E-state index contributed by atoms with van der Waals surface area (Å²) in [6, 6.07) is 13.6. The van der Waals surface area contributed by atoms with E-state index in [1.165, 1.54) is 0 Å². The average molecular weight is 284 g/mol. The fraction of sp³-hybridized carbons (Fsp3) is 0.125. The Labute approximate surface area is 122 Å². The predicted molar refractivity (Wildman–Crippen MR) is 80.6 cm³/mol. The van der Waals surface area contributed by atoms with Gasteiger partial charge in [-0.15, -0.1) is 0 Å². The Morgan fingerprint density at radius 3 is 2.38 bits per heavy atom. The maximum Gasteiger partial charge on any atom is 0.238 e. The van der Waals surface area contributed by atoms with Crippen molar-refractivity contribution in [2.24, 2.45) is 5.73 Å². The lowest BCUT2D eigenvalue weighted by Crippen LogP contribution is -2.23. The highest BCUT2D eigenvalue weighted by Crippen LogP contribution is 2.20. The number of amides is 1. The molecule has 5 nitrogen and oxygen atoms in total. The summed E-state index contributed by atoms with van der Waals surface area (Å²) in [6.45, 7) is -0.134. The van der Waals surface area contributed by atoms with Gasteiger partial charge in [0.15, 0.2) is 5.78 Å². The molecule has 0 aromatic heterocycles. The number of anilines is 1. The lowest BCUT2D eigenvalue weighted by atomic mass is 10.0. The van der Waals surface area contributed by atoms with Crippen molar-refractivity contribution in [3.8, 4) is 5.75 Å². The van der Waals surface area contributed by atoms with Crippen LogP contribution in [0.25, 0.3) is 0 Å². The number of methoxy groups -OCH3 is 1. The molecule has 0 unspecified atom stereocenters. The molecule has 2 aromatic carbocycles. The van der Waals surface area contributed by atoms with Crippen LogP contribution in [0, 0.1) is 0 Å². The Balaban J connectivity index is 2.31. The minimum Gasteiger partial charge on any atom is -0.497 e. The van der Waals surface area contributed by atoms with E-state index < -0.39 is 0 Å². The van der Waals surface area contributed by atoms with Crippen molar-refractivity contribution in [3.05, 3.63) is 59.7 Å². The number of rotatable bonds is 5. The summed E-state index contributed by atoms with van der Waals surface area (Å²) in [6.07, 6.45) is 0. The second-order valence-corrected chi connectivity index (χ2v) is 4.36. The van der Waals surface area contributed by atoms with Crippen molar-refractivity contribution in [1.82, 2.24) is 0 Å². The molecule has 3 N–H and O–H groups in total. The SMILES string of the molecule is COc1ccc(C(=O)c2ccccc2NC(=O)CN)cc1. The van der Waals surface area contributed by atoms with Crippen molar-refractivity contribution in [2.75, 3.05) is 19.0 Å². The Kier molecular flexibility index (Phi) is 4.68. The molecule has 0 radical (unpaired) electrons. The molecular weight excluding hydrogens is 268 g/mol. The van der Waals surface area contributed by atoms with Crippen LogP contribution in [0.3, 0.4) is 0 Å². The quantitative estimate of drug-likeness (QED) is 0.821. The molecule has 0 heterocycles. The number of ketones is 1. The number of para-hydroxylation sites is 1. The van der Waals surface area contributed by atoms with Crippen molar-refractivity contribution >= 4 is 17.4 Å². The molecule has 0 bridgehead atoms. The fourth-order valence-electron chi connectivity index (χ4n) is 1.89. The largest absolute Gasteiger partial charge is 0.497 e. The minimum absolute atomic E-state index is 0.134. The van der Waals surface area contributed by atoms with E-state index in [0.717, 1.165) is 0 Å². The smallest absolute Gasteiger partial charge is 0.238 e. The Bertz CT molecular complexity index is 651. The van der Waals surface area contributed by atoms with Crippen molar-refractivity contribution in [1.29, 1.82) is 0 Å². The van der Waals surface area contributed by atoms with Gasteiger partial charge in [0, 0.05) is 11.1 Å². The van der Waals surface area contributed by atoms with Crippen LogP contribution in [0.15, 0.2) is 48.5 Å². The third kappa shape index (κ3) is 3.46. The van der Waals surface area contributed by atoms with E-state index in [1.54, 1.807) is 55.6 Å². The van der Waals surface area contributed by atoms with E-state index in [9.17, 15) is 9.59 Å². The zero-order valence-electron chi connectivity index (χ0n) is 11.6.